The molecule has 2 heterocycles. The largest absolute Gasteiger partial charge is 0.342 e. The monoisotopic (exact) mass is 358 g/mol. The van der Waals surface area contributed by atoms with Crippen LogP contribution >= 0.6 is 0 Å². The van der Waals surface area contributed by atoms with Gasteiger partial charge in [0.05, 0.1) is 6.54 Å². The summed E-state index contributed by atoms with van der Waals surface area (Å²) < 4.78 is 0. The van der Waals surface area contributed by atoms with Crippen LogP contribution in [-0.2, 0) is 11.3 Å². The molecule has 2 aliphatic heterocycles. The van der Waals surface area contributed by atoms with E-state index in [4.69, 9.17) is 0 Å². The second kappa shape index (κ2) is 9.03. The number of benzene rings is 1. The van der Waals surface area contributed by atoms with E-state index >= 15 is 0 Å². The average Bonchev–Trinajstić information content (AvgIpc) is 2.68. The lowest BCUT2D eigenvalue weighted by molar-refractivity contribution is -0.133. The van der Waals surface area contributed by atoms with Gasteiger partial charge in [-0.15, -0.1) is 0 Å². The molecule has 0 bridgehead atoms. The number of nitrogens with zero attached hydrogens (tertiary/aromatic N) is 3. The van der Waals surface area contributed by atoms with Crippen LogP contribution in [0.4, 0.5) is 4.79 Å². The van der Waals surface area contributed by atoms with E-state index in [1.807, 2.05) is 28.0 Å². The minimum atomic E-state index is -0.0183. The Morgan fingerprint density at radius 2 is 1.62 bits per heavy atom. The first-order valence-electron chi connectivity index (χ1n) is 9.71. The van der Waals surface area contributed by atoms with Gasteiger partial charge in [-0.25, -0.2) is 4.79 Å². The number of carbonyl (C=O) groups is 2. The van der Waals surface area contributed by atoms with Gasteiger partial charge in [0, 0.05) is 45.8 Å². The van der Waals surface area contributed by atoms with Gasteiger partial charge < -0.3 is 15.1 Å². The highest BCUT2D eigenvalue weighted by Gasteiger charge is 2.24. The summed E-state index contributed by atoms with van der Waals surface area (Å²) in [5, 5.41) is 3.01. The fourth-order valence-corrected chi connectivity index (χ4v) is 3.63. The first kappa shape index (κ1) is 18.7. The summed E-state index contributed by atoms with van der Waals surface area (Å²) in [6.07, 6.45) is 3.49. The van der Waals surface area contributed by atoms with Crippen molar-refractivity contribution < 1.29 is 9.59 Å². The number of rotatable bonds is 4. The van der Waals surface area contributed by atoms with Crippen molar-refractivity contribution in [2.45, 2.75) is 32.7 Å². The number of urea groups is 1. The van der Waals surface area contributed by atoms with E-state index in [2.05, 4.69) is 23.2 Å². The van der Waals surface area contributed by atoms with Crippen LogP contribution in [0.3, 0.4) is 0 Å². The molecule has 2 saturated heterocycles. The van der Waals surface area contributed by atoms with Crippen LogP contribution in [0, 0.1) is 6.92 Å². The van der Waals surface area contributed by atoms with Gasteiger partial charge in [0.2, 0.25) is 5.91 Å². The molecule has 1 aromatic rings. The fourth-order valence-electron chi connectivity index (χ4n) is 3.63. The van der Waals surface area contributed by atoms with Gasteiger partial charge in [-0.3, -0.25) is 9.69 Å². The lowest BCUT2D eigenvalue weighted by Crippen LogP contribution is -2.53. The second-order valence-electron chi connectivity index (χ2n) is 7.29. The van der Waals surface area contributed by atoms with E-state index < -0.39 is 0 Å². The molecular formula is C20H30N4O2. The predicted octanol–water partition coefficient (Wildman–Crippen LogP) is 1.83. The van der Waals surface area contributed by atoms with E-state index in [-0.39, 0.29) is 11.9 Å². The van der Waals surface area contributed by atoms with Crippen LogP contribution in [0.5, 0.6) is 0 Å². The molecule has 1 N–H and O–H groups in total. The van der Waals surface area contributed by atoms with E-state index in [0.29, 0.717) is 26.2 Å². The normalized spacial score (nSPS) is 18.7. The molecule has 0 spiro atoms. The number of amides is 3. The van der Waals surface area contributed by atoms with Crippen molar-refractivity contribution in [1.29, 1.82) is 0 Å². The minimum Gasteiger partial charge on any atom is -0.342 e. The molecule has 142 valence electrons. The van der Waals surface area contributed by atoms with Gasteiger partial charge in [0.1, 0.15) is 0 Å². The third-order valence-corrected chi connectivity index (χ3v) is 5.42. The summed E-state index contributed by atoms with van der Waals surface area (Å²) in [5.41, 5.74) is 2.33. The standard InChI is InChI=1S/C20H30N4O2/c1-17-7-3-4-8-18(17)15-21-20(26)24-13-11-22(12-14-24)16-19(25)23-9-5-2-6-10-23/h3-4,7-8H,2,5-6,9-16H2,1H3,(H,21,26). The Hall–Kier alpha value is -2.08. The molecular weight excluding hydrogens is 328 g/mol. The lowest BCUT2D eigenvalue weighted by atomic mass is 10.1. The number of aryl methyl sites for hydroxylation is 1. The Labute approximate surface area is 156 Å². The molecule has 1 aromatic carbocycles. The summed E-state index contributed by atoms with van der Waals surface area (Å²) in [4.78, 5) is 30.8. The Balaban J connectivity index is 1.39. The summed E-state index contributed by atoms with van der Waals surface area (Å²) in [5.74, 6) is 0.238. The average molecular weight is 358 g/mol. The summed E-state index contributed by atoms with van der Waals surface area (Å²) in [6.45, 7) is 7.77. The van der Waals surface area contributed by atoms with Crippen molar-refractivity contribution in [2.24, 2.45) is 0 Å². The maximum absolute atomic E-state index is 12.4. The molecule has 0 radical (unpaired) electrons. The zero-order valence-electron chi connectivity index (χ0n) is 15.7. The van der Waals surface area contributed by atoms with Crippen LogP contribution in [0.15, 0.2) is 24.3 Å². The van der Waals surface area contributed by atoms with E-state index in [1.54, 1.807) is 0 Å². The number of nitrogens with one attached hydrogen (secondary N) is 1. The van der Waals surface area contributed by atoms with E-state index in [1.165, 1.54) is 12.0 Å². The van der Waals surface area contributed by atoms with Crippen molar-refractivity contribution in [3.05, 3.63) is 35.4 Å². The molecule has 0 unspecified atom stereocenters. The number of piperidine rings is 1. The maximum atomic E-state index is 12.4. The van der Waals surface area contributed by atoms with Crippen LogP contribution in [0.25, 0.3) is 0 Å². The highest BCUT2D eigenvalue weighted by atomic mass is 16.2. The Bertz CT molecular complexity index is 620. The van der Waals surface area contributed by atoms with Crippen molar-refractivity contribution in [1.82, 2.24) is 20.0 Å². The van der Waals surface area contributed by atoms with Gasteiger partial charge in [-0.1, -0.05) is 24.3 Å². The molecule has 6 nitrogen and oxygen atoms in total. The predicted molar refractivity (Wildman–Crippen MR) is 102 cm³/mol. The smallest absolute Gasteiger partial charge is 0.317 e. The Morgan fingerprint density at radius 1 is 0.923 bits per heavy atom. The van der Waals surface area contributed by atoms with Crippen LogP contribution < -0.4 is 5.32 Å². The van der Waals surface area contributed by atoms with Crippen molar-refractivity contribution in [3.8, 4) is 0 Å². The number of piperazine rings is 1. The van der Waals surface area contributed by atoms with Crippen molar-refractivity contribution in [2.75, 3.05) is 45.8 Å². The molecule has 2 fully saturated rings. The van der Waals surface area contributed by atoms with E-state index in [9.17, 15) is 9.59 Å². The highest BCUT2D eigenvalue weighted by molar-refractivity contribution is 5.78. The molecule has 0 aliphatic carbocycles. The van der Waals surface area contributed by atoms with Gasteiger partial charge in [-0.05, 0) is 37.3 Å². The van der Waals surface area contributed by atoms with Crippen LogP contribution in [0.1, 0.15) is 30.4 Å². The van der Waals surface area contributed by atoms with Crippen LogP contribution in [-0.4, -0.2) is 72.5 Å². The fraction of sp³-hybridized carbons (Fsp3) is 0.600. The zero-order chi connectivity index (χ0) is 18.4. The lowest BCUT2D eigenvalue weighted by Gasteiger charge is -2.36. The highest BCUT2D eigenvalue weighted by Crippen LogP contribution is 2.11. The molecule has 0 atom stereocenters. The molecule has 0 aromatic heterocycles. The SMILES string of the molecule is Cc1ccccc1CNC(=O)N1CCN(CC(=O)N2CCCCC2)CC1. The summed E-state index contributed by atoms with van der Waals surface area (Å²) >= 11 is 0. The zero-order valence-corrected chi connectivity index (χ0v) is 15.7. The topological polar surface area (TPSA) is 55.9 Å². The molecule has 3 rings (SSSR count). The minimum absolute atomic E-state index is 0.0183. The molecule has 0 saturated carbocycles. The number of hydrogen-bond acceptors (Lipinski definition) is 3. The van der Waals surface area contributed by atoms with Gasteiger partial charge >= 0.3 is 6.03 Å². The second-order valence-corrected chi connectivity index (χ2v) is 7.29. The quantitative estimate of drug-likeness (QED) is 0.893. The molecule has 26 heavy (non-hydrogen) atoms. The number of hydrogen-bond donors (Lipinski definition) is 1. The van der Waals surface area contributed by atoms with Gasteiger partial charge in [-0.2, -0.15) is 0 Å². The molecule has 3 amide bonds. The molecule has 2 aliphatic rings. The first-order valence-corrected chi connectivity index (χ1v) is 9.71. The van der Waals surface area contributed by atoms with Gasteiger partial charge in [0.15, 0.2) is 0 Å². The van der Waals surface area contributed by atoms with Crippen molar-refractivity contribution in [3.63, 3.8) is 0 Å². The van der Waals surface area contributed by atoms with Gasteiger partial charge in [0.25, 0.3) is 0 Å². The van der Waals surface area contributed by atoms with Crippen molar-refractivity contribution >= 4 is 11.9 Å². The summed E-state index contributed by atoms with van der Waals surface area (Å²) in [7, 11) is 0. The first-order chi connectivity index (χ1) is 12.6. The Morgan fingerprint density at radius 3 is 2.31 bits per heavy atom. The third kappa shape index (κ3) is 4.97. The Kier molecular flexibility index (Phi) is 6.50. The third-order valence-electron chi connectivity index (χ3n) is 5.42. The van der Waals surface area contributed by atoms with E-state index in [0.717, 1.165) is 44.6 Å². The molecule has 6 heteroatoms. The number of carbonyl (C=O) groups excluding carboxylic acids is 2. The number of likely N-dealkylation sites (tertiary alicyclic amines) is 1. The maximum Gasteiger partial charge on any atom is 0.317 e. The summed E-state index contributed by atoms with van der Waals surface area (Å²) in [6, 6.07) is 8.08. The van der Waals surface area contributed by atoms with Crippen LogP contribution in [0.2, 0.25) is 0 Å².